The van der Waals surface area contributed by atoms with Crippen molar-refractivity contribution in [2.75, 3.05) is 64.6 Å². The Labute approximate surface area is 167 Å². The van der Waals surface area contributed by atoms with Gasteiger partial charge in [-0.25, -0.2) is 4.98 Å². The zero-order valence-electron chi connectivity index (χ0n) is 16.8. The lowest BCUT2D eigenvalue weighted by Crippen LogP contribution is -2.39. The molecule has 1 aromatic heterocycles. The fourth-order valence-corrected chi connectivity index (χ4v) is 3.72. The smallest absolute Gasteiger partial charge is 0.191 e. The number of guanidine groups is 1. The molecule has 0 atom stereocenters. The van der Waals surface area contributed by atoms with E-state index in [1.165, 1.54) is 24.4 Å². The first-order chi connectivity index (χ1) is 13.3. The van der Waals surface area contributed by atoms with Crippen molar-refractivity contribution in [3.63, 3.8) is 0 Å². The van der Waals surface area contributed by atoms with Crippen LogP contribution in [0.5, 0.6) is 0 Å². The van der Waals surface area contributed by atoms with Gasteiger partial charge in [-0.3, -0.25) is 4.99 Å². The highest BCUT2D eigenvalue weighted by Crippen LogP contribution is 2.24. The van der Waals surface area contributed by atoms with Gasteiger partial charge in [0.1, 0.15) is 0 Å². The third-order valence-electron chi connectivity index (χ3n) is 4.37. The van der Waals surface area contributed by atoms with E-state index in [1.54, 1.807) is 18.4 Å². The van der Waals surface area contributed by atoms with Gasteiger partial charge in [-0.05, 0) is 19.3 Å². The summed E-state index contributed by atoms with van der Waals surface area (Å²) in [4.78, 5) is 11.4. The van der Waals surface area contributed by atoms with Crippen LogP contribution < -0.4 is 15.5 Å². The fraction of sp³-hybridized carbons (Fsp3) is 0.789. The Balaban J connectivity index is 1.50. The lowest BCUT2D eigenvalue weighted by atomic mass is 10.3. The van der Waals surface area contributed by atoms with Crippen LogP contribution in [0.1, 0.15) is 38.3 Å². The number of anilines is 1. The Morgan fingerprint density at radius 1 is 1.15 bits per heavy atom. The Morgan fingerprint density at radius 3 is 2.63 bits per heavy atom. The van der Waals surface area contributed by atoms with E-state index in [0.29, 0.717) is 19.8 Å². The molecule has 0 saturated carbocycles. The topological polar surface area (TPSA) is 71.0 Å². The molecule has 2 N–H and O–H groups in total. The third-order valence-corrected chi connectivity index (χ3v) is 5.32. The number of nitrogens with zero attached hydrogens (tertiary/aromatic N) is 3. The lowest BCUT2D eigenvalue weighted by molar-refractivity contribution is 0.0487. The normalized spacial score (nSPS) is 14.7. The number of aliphatic imine (C=N–C) groups is 1. The summed E-state index contributed by atoms with van der Waals surface area (Å²) in [6.45, 7) is 8.77. The van der Waals surface area contributed by atoms with Crippen molar-refractivity contribution in [2.24, 2.45) is 4.99 Å². The summed E-state index contributed by atoms with van der Waals surface area (Å²) >= 11 is 1.75. The molecule has 1 fully saturated rings. The number of thiazole rings is 1. The Morgan fingerprint density at radius 2 is 1.89 bits per heavy atom. The number of ether oxygens (including phenoxy) is 2. The zero-order chi connectivity index (χ0) is 19.2. The van der Waals surface area contributed by atoms with Crippen molar-refractivity contribution in [2.45, 2.75) is 39.0 Å². The third kappa shape index (κ3) is 8.90. The number of unbranched alkanes of at least 4 members (excludes halogenated alkanes) is 1. The Hall–Kier alpha value is -1.38. The predicted octanol–water partition coefficient (Wildman–Crippen LogP) is 2.28. The van der Waals surface area contributed by atoms with Gasteiger partial charge in [0.05, 0.1) is 25.5 Å². The van der Waals surface area contributed by atoms with Crippen LogP contribution in [-0.2, 0) is 15.9 Å². The standard InChI is InChI=1S/C19H35N5O2S/c1-3-4-12-25-14-15-26-13-9-22-18(20-2)21-8-7-17-16-27-19(23-17)24-10-5-6-11-24/h16H,3-15H2,1-2H3,(H2,20,21,22). The summed E-state index contributed by atoms with van der Waals surface area (Å²) in [5.74, 6) is 0.799. The van der Waals surface area contributed by atoms with E-state index in [2.05, 4.69) is 32.8 Å². The maximum absolute atomic E-state index is 5.55. The van der Waals surface area contributed by atoms with Crippen LogP contribution in [0.3, 0.4) is 0 Å². The van der Waals surface area contributed by atoms with Gasteiger partial charge in [-0.1, -0.05) is 13.3 Å². The molecule has 154 valence electrons. The lowest BCUT2D eigenvalue weighted by Gasteiger charge is -2.13. The van der Waals surface area contributed by atoms with Crippen LogP contribution in [-0.4, -0.2) is 70.6 Å². The van der Waals surface area contributed by atoms with Crippen molar-refractivity contribution >= 4 is 22.4 Å². The van der Waals surface area contributed by atoms with Crippen LogP contribution in [0.15, 0.2) is 10.4 Å². The van der Waals surface area contributed by atoms with Crippen LogP contribution >= 0.6 is 11.3 Å². The summed E-state index contributed by atoms with van der Waals surface area (Å²) < 4.78 is 11.0. The van der Waals surface area contributed by atoms with E-state index >= 15 is 0 Å². The van der Waals surface area contributed by atoms with Gasteiger partial charge in [-0.15, -0.1) is 11.3 Å². The van der Waals surface area contributed by atoms with Gasteiger partial charge in [-0.2, -0.15) is 0 Å². The highest BCUT2D eigenvalue weighted by Gasteiger charge is 2.15. The number of hydrogen-bond acceptors (Lipinski definition) is 6. The minimum Gasteiger partial charge on any atom is -0.379 e. The molecule has 1 saturated heterocycles. The molecule has 1 aliphatic rings. The van der Waals surface area contributed by atoms with Crippen molar-refractivity contribution < 1.29 is 9.47 Å². The van der Waals surface area contributed by atoms with E-state index in [-0.39, 0.29) is 0 Å². The SMILES string of the molecule is CCCCOCCOCCNC(=NC)NCCc1csc(N2CCCC2)n1. The largest absolute Gasteiger partial charge is 0.379 e. The molecule has 2 heterocycles. The molecule has 1 aliphatic heterocycles. The fourth-order valence-electron chi connectivity index (χ4n) is 2.80. The summed E-state index contributed by atoms with van der Waals surface area (Å²) in [6.07, 6.45) is 5.75. The van der Waals surface area contributed by atoms with Crippen molar-refractivity contribution in [3.8, 4) is 0 Å². The predicted molar refractivity (Wildman–Crippen MR) is 113 cm³/mol. The monoisotopic (exact) mass is 397 g/mol. The number of hydrogen-bond donors (Lipinski definition) is 2. The molecule has 2 rings (SSSR count). The molecular formula is C19H35N5O2S. The van der Waals surface area contributed by atoms with Crippen LogP contribution in [0.4, 0.5) is 5.13 Å². The minimum atomic E-state index is 0.639. The molecular weight excluding hydrogens is 362 g/mol. The average molecular weight is 398 g/mol. The van der Waals surface area contributed by atoms with Crippen LogP contribution in [0.25, 0.3) is 0 Å². The van der Waals surface area contributed by atoms with Gasteiger partial charge < -0.3 is 25.0 Å². The van der Waals surface area contributed by atoms with E-state index < -0.39 is 0 Å². The number of rotatable bonds is 13. The zero-order valence-corrected chi connectivity index (χ0v) is 17.7. The molecule has 0 amide bonds. The maximum Gasteiger partial charge on any atom is 0.191 e. The first-order valence-corrected chi connectivity index (χ1v) is 11.0. The molecule has 0 spiro atoms. The van der Waals surface area contributed by atoms with Crippen LogP contribution in [0.2, 0.25) is 0 Å². The Bertz CT molecular complexity index is 532. The molecule has 7 nitrogen and oxygen atoms in total. The molecule has 0 aliphatic carbocycles. The van der Waals surface area contributed by atoms with Gasteiger partial charge in [0.25, 0.3) is 0 Å². The Kier molecular flexibility index (Phi) is 11.2. The van der Waals surface area contributed by atoms with Gasteiger partial charge in [0.2, 0.25) is 0 Å². The first kappa shape index (κ1) is 21.9. The highest BCUT2D eigenvalue weighted by atomic mass is 32.1. The van der Waals surface area contributed by atoms with Gasteiger partial charge >= 0.3 is 0 Å². The van der Waals surface area contributed by atoms with Crippen LogP contribution in [0, 0.1) is 0 Å². The second-order valence-electron chi connectivity index (χ2n) is 6.57. The first-order valence-electron chi connectivity index (χ1n) is 10.1. The molecule has 0 bridgehead atoms. The van der Waals surface area contributed by atoms with Crippen molar-refractivity contribution in [3.05, 3.63) is 11.1 Å². The van der Waals surface area contributed by atoms with Gasteiger partial charge in [0, 0.05) is 51.6 Å². The van der Waals surface area contributed by atoms with Crippen molar-refractivity contribution in [1.29, 1.82) is 0 Å². The molecule has 0 radical (unpaired) electrons. The van der Waals surface area contributed by atoms with E-state index in [1.807, 2.05) is 0 Å². The minimum absolute atomic E-state index is 0.639. The maximum atomic E-state index is 5.55. The highest BCUT2D eigenvalue weighted by molar-refractivity contribution is 7.13. The second-order valence-corrected chi connectivity index (χ2v) is 7.41. The number of nitrogens with one attached hydrogen (secondary N) is 2. The van der Waals surface area contributed by atoms with E-state index in [4.69, 9.17) is 14.5 Å². The summed E-state index contributed by atoms with van der Waals surface area (Å²) in [5.41, 5.74) is 1.15. The average Bonchev–Trinajstić information content (AvgIpc) is 3.37. The molecule has 1 aromatic rings. The summed E-state index contributed by atoms with van der Waals surface area (Å²) in [7, 11) is 1.78. The summed E-state index contributed by atoms with van der Waals surface area (Å²) in [6, 6.07) is 0. The molecule has 0 aromatic carbocycles. The second kappa shape index (κ2) is 13.7. The quantitative estimate of drug-likeness (QED) is 0.302. The number of aromatic nitrogens is 1. The summed E-state index contributed by atoms with van der Waals surface area (Å²) in [5, 5.41) is 9.93. The van der Waals surface area contributed by atoms with Crippen molar-refractivity contribution in [1.82, 2.24) is 15.6 Å². The van der Waals surface area contributed by atoms with E-state index in [9.17, 15) is 0 Å². The molecule has 0 unspecified atom stereocenters. The van der Waals surface area contributed by atoms with E-state index in [0.717, 1.165) is 57.3 Å². The van der Waals surface area contributed by atoms with Gasteiger partial charge in [0.15, 0.2) is 11.1 Å². The molecule has 27 heavy (non-hydrogen) atoms. The molecule has 8 heteroatoms.